The molecule has 0 aliphatic heterocycles. The highest BCUT2D eigenvalue weighted by Crippen LogP contribution is 2.26. The Bertz CT molecular complexity index is 480. The predicted octanol–water partition coefficient (Wildman–Crippen LogP) is 3.54. The average molecular weight is 394 g/mol. The maximum atomic E-state index is 12.0. The van der Waals surface area contributed by atoms with Gasteiger partial charge in [0.15, 0.2) is 0 Å². The van der Waals surface area contributed by atoms with Crippen LogP contribution in [0.3, 0.4) is 0 Å². The van der Waals surface area contributed by atoms with Gasteiger partial charge in [-0.2, -0.15) is 0 Å². The Balaban J connectivity index is 2.68. The maximum absolute atomic E-state index is 12.0. The van der Waals surface area contributed by atoms with Crippen LogP contribution in [0.1, 0.15) is 13.3 Å². The minimum absolute atomic E-state index is 0.0667. The summed E-state index contributed by atoms with van der Waals surface area (Å²) in [6.07, 6.45) is -0.0667. The van der Waals surface area contributed by atoms with Crippen LogP contribution in [0.2, 0.25) is 0 Å². The molecule has 0 aliphatic rings. The number of anilines is 1. The molecule has 1 aromatic rings. The molecule has 0 radical (unpaired) electrons. The second kappa shape index (κ2) is 7.49. The first-order valence-corrected chi connectivity index (χ1v) is 7.25. The summed E-state index contributed by atoms with van der Waals surface area (Å²) in [7, 11) is 0. The van der Waals surface area contributed by atoms with E-state index in [-0.39, 0.29) is 19.0 Å². The molecule has 5 nitrogen and oxygen atoms in total. The lowest BCUT2D eigenvalue weighted by Gasteiger charge is -2.21. The van der Waals surface area contributed by atoms with E-state index in [1.807, 2.05) is 12.1 Å². The molecular weight excluding hydrogens is 380 g/mol. The Kier molecular flexibility index (Phi) is 6.30. The summed E-state index contributed by atoms with van der Waals surface area (Å²) in [5, 5.41) is 11.4. The first kappa shape index (κ1) is 16.0. The van der Waals surface area contributed by atoms with Gasteiger partial charge in [-0.25, -0.2) is 4.79 Å². The van der Waals surface area contributed by atoms with Crippen LogP contribution >= 0.6 is 31.9 Å². The number of benzene rings is 1. The van der Waals surface area contributed by atoms with E-state index in [1.165, 1.54) is 4.90 Å². The van der Waals surface area contributed by atoms with Gasteiger partial charge in [0.2, 0.25) is 0 Å². The third-order valence-electron chi connectivity index (χ3n) is 2.44. The largest absolute Gasteiger partial charge is 0.481 e. The fourth-order valence-corrected chi connectivity index (χ4v) is 2.57. The highest BCUT2D eigenvalue weighted by atomic mass is 79.9. The molecule has 0 bridgehead atoms. The van der Waals surface area contributed by atoms with E-state index in [9.17, 15) is 9.59 Å². The molecule has 1 rings (SSSR count). The highest BCUT2D eigenvalue weighted by molar-refractivity contribution is 9.11. The number of rotatable bonds is 5. The molecule has 0 aromatic heterocycles. The lowest BCUT2D eigenvalue weighted by molar-refractivity contribution is -0.137. The molecule has 19 heavy (non-hydrogen) atoms. The van der Waals surface area contributed by atoms with Gasteiger partial charge >= 0.3 is 12.0 Å². The van der Waals surface area contributed by atoms with Crippen molar-refractivity contribution >= 4 is 49.5 Å². The van der Waals surface area contributed by atoms with Crippen molar-refractivity contribution in [2.45, 2.75) is 13.3 Å². The number of carboxylic acid groups (broad SMARTS) is 1. The summed E-state index contributed by atoms with van der Waals surface area (Å²) in [6.45, 7) is 2.44. The van der Waals surface area contributed by atoms with Crippen LogP contribution in [0.25, 0.3) is 0 Å². The van der Waals surface area contributed by atoms with Crippen LogP contribution in [0, 0.1) is 0 Å². The van der Waals surface area contributed by atoms with Gasteiger partial charge in [0, 0.05) is 22.0 Å². The molecule has 1 aromatic carbocycles. The molecule has 0 spiro atoms. The third-order valence-corrected chi connectivity index (χ3v) is 3.59. The monoisotopic (exact) mass is 392 g/mol. The Morgan fingerprint density at radius 3 is 2.58 bits per heavy atom. The minimum atomic E-state index is -0.920. The van der Waals surface area contributed by atoms with Crippen LogP contribution in [-0.2, 0) is 4.79 Å². The second-order valence-corrected chi connectivity index (χ2v) is 5.55. The molecule has 0 fully saturated rings. The molecule has 0 saturated carbocycles. The number of amides is 2. The summed E-state index contributed by atoms with van der Waals surface area (Å²) in [5.74, 6) is -0.920. The van der Waals surface area contributed by atoms with Crippen molar-refractivity contribution in [2.75, 3.05) is 18.4 Å². The van der Waals surface area contributed by atoms with Crippen molar-refractivity contribution in [2.24, 2.45) is 0 Å². The number of carboxylic acids is 1. The number of urea groups is 1. The van der Waals surface area contributed by atoms with Gasteiger partial charge in [-0.15, -0.1) is 0 Å². The van der Waals surface area contributed by atoms with Crippen molar-refractivity contribution in [3.8, 4) is 0 Å². The van der Waals surface area contributed by atoms with Crippen LogP contribution in [0.15, 0.2) is 27.1 Å². The van der Waals surface area contributed by atoms with Crippen LogP contribution in [0.4, 0.5) is 10.5 Å². The number of carbonyl (C=O) groups excluding carboxylic acids is 1. The van der Waals surface area contributed by atoms with E-state index in [0.717, 1.165) is 8.95 Å². The number of carbonyl (C=O) groups is 2. The fraction of sp³-hybridized carbons (Fsp3) is 0.333. The molecule has 0 heterocycles. The van der Waals surface area contributed by atoms with Crippen molar-refractivity contribution in [3.05, 3.63) is 27.1 Å². The summed E-state index contributed by atoms with van der Waals surface area (Å²) in [6, 6.07) is 5.08. The maximum Gasteiger partial charge on any atom is 0.321 e. The zero-order valence-electron chi connectivity index (χ0n) is 10.3. The van der Waals surface area contributed by atoms with Crippen LogP contribution in [0.5, 0.6) is 0 Å². The Morgan fingerprint density at radius 1 is 1.37 bits per heavy atom. The van der Waals surface area contributed by atoms with Crippen LogP contribution < -0.4 is 5.32 Å². The zero-order chi connectivity index (χ0) is 14.4. The van der Waals surface area contributed by atoms with Crippen LogP contribution in [-0.4, -0.2) is 35.1 Å². The van der Waals surface area contributed by atoms with Gasteiger partial charge in [0.25, 0.3) is 0 Å². The molecule has 104 valence electrons. The molecule has 7 heteroatoms. The number of aliphatic carboxylic acids is 1. The zero-order valence-corrected chi connectivity index (χ0v) is 13.5. The minimum Gasteiger partial charge on any atom is -0.481 e. The van der Waals surface area contributed by atoms with Gasteiger partial charge in [-0.1, -0.05) is 15.9 Å². The molecule has 2 N–H and O–H groups in total. The van der Waals surface area contributed by atoms with E-state index >= 15 is 0 Å². The Morgan fingerprint density at radius 2 is 2.05 bits per heavy atom. The number of hydrogen-bond acceptors (Lipinski definition) is 2. The average Bonchev–Trinajstić information content (AvgIpc) is 2.33. The topological polar surface area (TPSA) is 69.6 Å². The number of hydrogen-bond donors (Lipinski definition) is 2. The first-order valence-electron chi connectivity index (χ1n) is 5.66. The van der Waals surface area contributed by atoms with Gasteiger partial charge in [0.1, 0.15) is 0 Å². The lowest BCUT2D eigenvalue weighted by Crippen LogP contribution is -2.36. The third kappa shape index (κ3) is 5.20. The van der Waals surface area contributed by atoms with E-state index < -0.39 is 5.97 Å². The van der Waals surface area contributed by atoms with E-state index in [4.69, 9.17) is 5.11 Å². The van der Waals surface area contributed by atoms with Gasteiger partial charge in [-0.3, -0.25) is 4.79 Å². The summed E-state index contributed by atoms with van der Waals surface area (Å²) in [4.78, 5) is 24.0. The SMILES string of the molecule is CCN(CCC(=O)O)C(=O)Nc1ccc(Br)cc1Br. The first-order chi connectivity index (χ1) is 8.93. The number of nitrogens with zero attached hydrogens (tertiary/aromatic N) is 1. The van der Waals surface area contributed by atoms with Gasteiger partial charge < -0.3 is 15.3 Å². The quantitative estimate of drug-likeness (QED) is 0.803. The standard InChI is InChI=1S/C12H14Br2N2O3/c1-2-16(6-5-11(17)18)12(19)15-10-4-3-8(13)7-9(10)14/h3-4,7H,2,5-6H2,1H3,(H,15,19)(H,17,18). The normalized spacial score (nSPS) is 10.1. The predicted molar refractivity (Wildman–Crippen MR) is 80.4 cm³/mol. The lowest BCUT2D eigenvalue weighted by atomic mass is 10.3. The number of halogens is 2. The molecular formula is C12H14Br2N2O3. The molecule has 0 atom stereocenters. The molecule has 0 aliphatic carbocycles. The summed E-state index contributed by atoms with van der Waals surface area (Å²) < 4.78 is 1.65. The summed E-state index contributed by atoms with van der Waals surface area (Å²) >= 11 is 6.68. The van der Waals surface area contributed by atoms with E-state index in [0.29, 0.717) is 12.2 Å². The van der Waals surface area contributed by atoms with Crippen molar-refractivity contribution in [3.63, 3.8) is 0 Å². The van der Waals surface area contributed by atoms with Crippen molar-refractivity contribution in [1.82, 2.24) is 4.90 Å². The van der Waals surface area contributed by atoms with Crippen molar-refractivity contribution < 1.29 is 14.7 Å². The Labute approximate surface area is 128 Å². The molecule has 0 unspecified atom stereocenters. The fourth-order valence-electron chi connectivity index (χ4n) is 1.42. The number of nitrogens with one attached hydrogen (secondary N) is 1. The van der Waals surface area contributed by atoms with Crippen molar-refractivity contribution in [1.29, 1.82) is 0 Å². The van der Waals surface area contributed by atoms with Gasteiger partial charge in [-0.05, 0) is 41.1 Å². The van der Waals surface area contributed by atoms with Gasteiger partial charge in [0.05, 0.1) is 12.1 Å². The van der Waals surface area contributed by atoms with E-state index in [2.05, 4.69) is 37.2 Å². The Hall–Kier alpha value is -1.08. The highest BCUT2D eigenvalue weighted by Gasteiger charge is 2.14. The second-order valence-electron chi connectivity index (χ2n) is 3.78. The van der Waals surface area contributed by atoms with E-state index in [1.54, 1.807) is 13.0 Å². The summed E-state index contributed by atoms with van der Waals surface area (Å²) in [5.41, 5.74) is 0.641. The molecule has 2 amide bonds. The molecule has 0 saturated heterocycles. The smallest absolute Gasteiger partial charge is 0.321 e.